The molecule has 0 bridgehead atoms. The van der Waals surface area contributed by atoms with Gasteiger partial charge in [0.15, 0.2) is 0 Å². The average molecular weight is 291 g/mol. The molecule has 21 heavy (non-hydrogen) atoms. The number of carboxylic acids is 1. The maximum Gasteiger partial charge on any atom is 0.307 e. The van der Waals surface area contributed by atoms with Gasteiger partial charge in [0.05, 0.1) is 17.4 Å². The molecule has 5 heteroatoms. The molecule has 0 aromatic heterocycles. The molecule has 2 aliphatic carbocycles. The predicted octanol–water partition coefficient (Wildman–Crippen LogP) is 2.43. The van der Waals surface area contributed by atoms with Gasteiger partial charge >= 0.3 is 5.97 Å². The summed E-state index contributed by atoms with van der Waals surface area (Å²) in [7, 11) is 0. The summed E-state index contributed by atoms with van der Waals surface area (Å²) in [6.45, 7) is 0. The van der Waals surface area contributed by atoms with Crippen molar-refractivity contribution < 1.29 is 19.1 Å². The van der Waals surface area contributed by atoms with Gasteiger partial charge in [-0.1, -0.05) is 25.0 Å². The number of halogens is 1. The van der Waals surface area contributed by atoms with Crippen LogP contribution in [0.3, 0.4) is 0 Å². The lowest BCUT2D eigenvalue weighted by Gasteiger charge is -2.31. The van der Waals surface area contributed by atoms with Gasteiger partial charge in [0.2, 0.25) is 5.91 Å². The zero-order chi connectivity index (χ0) is 15.0. The Hall–Kier alpha value is -1.91. The first kappa shape index (κ1) is 14.0. The first-order chi connectivity index (χ1) is 10.0. The third-order valence-electron chi connectivity index (χ3n) is 4.66. The summed E-state index contributed by atoms with van der Waals surface area (Å²) >= 11 is 0. The number of nitrogens with one attached hydrogen (secondary N) is 1. The Morgan fingerprint density at radius 3 is 2.29 bits per heavy atom. The molecular formula is C16H18FNO3. The van der Waals surface area contributed by atoms with Crippen molar-refractivity contribution in [1.82, 2.24) is 5.32 Å². The summed E-state index contributed by atoms with van der Waals surface area (Å²) in [5, 5.41) is 12.0. The molecule has 1 aromatic rings. The van der Waals surface area contributed by atoms with E-state index in [0.717, 1.165) is 31.2 Å². The summed E-state index contributed by atoms with van der Waals surface area (Å²) in [6, 6.07) is 6.22. The molecule has 2 atom stereocenters. The van der Waals surface area contributed by atoms with Crippen molar-refractivity contribution in [2.75, 3.05) is 0 Å². The van der Waals surface area contributed by atoms with Crippen LogP contribution in [0.5, 0.6) is 0 Å². The number of hydrogen-bond acceptors (Lipinski definition) is 2. The topological polar surface area (TPSA) is 66.4 Å². The Morgan fingerprint density at radius 2 is 1.76 bits per heavy atom. The second kappa shape index (κ2) is 5.13. The third kappa shape index (κ3) is 2.64. The van der Waals surface area contributed by atoms with Crippen molar-refractivity contribution in [3.8, 4) is 0 Å². The maximum absolute atomic E-state index is 13.1. The van der Waals surface area contributed by atoms with Crippen LogP contribution in [0, 0.1) is 17.7 Å². The van der Waals surface area contributed by atoms with E-state index in [9.17, 15) is 14.0 Å². The fourth-order valence-corrected chi connectivity index (χ4v) is 3.32. The van der Waals surface area contributed by atoms with E-state index in [1.54, 1.807) is 12.1 Å². The third-order valence-corrected chi connectivity index (χ3v) is 4.66. The van der Waals surface area contributed by atoms with Crippen LogP contribution in [0.25, 0.3) is 0 Å². The largest absolute Gasteiger partial charge is 0.481 e. The smallest absolute Gasteiger partial charge is 0.307 e. The molecule has 0 aliphatic heterocycles. The number of amides is 1. The highest BCUT2D eigenvalue weighted by Gasteiger charge is 2.50. The standard InChI is InChI=1S/C16H18FNO3/c17-11-5-3-10(4-6-11)16(7-1-2-8-16)18-14(19)12-9-13(12)15(20)21/h3-6,12-13H,1-2,7-9H2,(H,18,19)(H,20,21). The van der Waals surface area contributed by atoms with Gasteiger partial charge in [-0.2, -0.15) is 0 Å². The van der Waals surface area contributed by atoms with E-state index in [2.05, 4.69) is 5.32 Å². The first-order valence-electron chi connectivity index (χ1n) is 7.33. The minimum atomic E-state index is -0.905. The van der Waals surface area contributed by atoms with E-state index in [1.807, 2.05) is 0 Å². The number of aliphatic carboxylic acids is 1. The van der Waals surface area contributed by atoms with Crippen LogP contribution in [0.15, 0.2) is 24.3 Å². The second-order valence-electron chi connectivity index (χ2n) is 6.07. The molecule has 3 rings (SSSR count). The minimum absolute atomic E-state index is 0.186. The molecule has 2 fully saturated rings. The van der Waals surface area contributed by atoms with Gasteiger partial charge in [0.25, 0.3) is 0 Å². The quantitative estimate of drug-likeness (QED) is 0.895. The molecule has 4 nitrogen and oxygen atoms in total. The Bertz CT molecular complexity index is 563. The Morgan fingerprint density at radius 1 is 1.14 bits per heavy atom. The summed E-state index contributed by atoms with van der Waals surface area (Å²) < 4.78 is 13.1. The average Bonchev–Trinajstić information content (AvgIpc) is 3.14. The van der Waals surface area contributed by atoms with E-state index in [1.165, 1.54) is 12.1 Å². The van der Waals surface area contributed by atoms with Crippen molar-refractivity contribution in [2.45, 2.75) is 37.6 Å². The Kier molecular flexibility index (Phi) is 3.43. The van der Waals surface area contributed by atoms with Crippen molar-refractivity contribution in [3.63, 3.8) is 0 Å². The number of carbonyl (C=O) groups excluding carboxylic acids is 1. The number of carbonyl (C=O) groups is 2. The van der Waals surface area contributed by atoms with Gasteiger partial charge in [-0.25, -0.2) is 4.39 Å². The zero-order valence-corrected chi connectivity index (χ0v) is 11.6. The monoisotopic (exact) mass is 291 g/mol. The van der Waals surface area contributed by atoms with Crippen molar-refractivity contribution in [1.29, 1.82) is 0 Å². The fourth-order valence-electron chi connectivity index (χ4n) is 3.32. The molecule has 2 N–H and O–H groups in total. The van der Waals surface area contributed by atoms with Gasteiger partial charge < -0.3 is 10.4 Å². The van der Waals surface area contributed by atoms with Crippen LogP contribution in [0.1, 0.15) is 37.7 Å². The van der Waals surface area contributed by atoms with E-state index in [0.29, 0.717) is 6.42 Å². The lowest BCUT2D eigenvalue weighted by atomic mass is 9.88. The van der Waals surface area contributed by atoms with Crippen LogP contribution >= 0.6 is 0 Å². The molecule has 0 spiro atoms. The highest BCUT2D eigenvalue weighted by atomic mass is 19.1. The van der Waals surface area contributed by atoms with Gasteiger partial charge in [0.1, 0.15) is 5.82 Å². The maximum atomic E-state index is 13.1. The van der Waals surface area contributed by atoms with Crippen molar-refractivity contribution in [3.05, 3.63) is 35.6 Å². The van der Waals surface area contributed by atoms with E-state index < -0.39 is 23.3 Å². The fraction of sp³-hybridized carbons (Fsp3) is 0.500. The summed E-state index contributed by atoms with van der Waals surface area (Å²) in [5.74, 6) is -2.35. The molecule has 0 saturated heterocycles. The van der Waals surface area contributed by atoms with Crippen molar-refractivity contribution in [2.24, 2.45) is 11.8 Å². The van der Waals surface area contributed by atoms with E-state index in [-0.39, 0.29) is 11.7 Å². The Labute approximate surface area is 122 Å². The molecule has 1 amide bonds. The van der Waals surface area contributed by atoms with Crippen molar-refractivity contribution >= 4 is 11.9 Å². The normalized spacial score (nSPS) is 26.3. The summed E-state index contributed by atoms with van der Waals surface area (Å²) in [4.78, 5) is 23.2. The van der Waals surface area contributed by atoms with Gasteiger partial charge in [-0.15, -0.1) is 0 Å². The molecule has 112 valence electrons. The molecular weight excluding hydrogens is 273 g/mol. The number of benzene rings is 1. The second-order valence-corrected chi connectivity index (χ2v) is 6.07. The minimum Gasteiger partial charge on any atom is -0.481 e. The van der Waals surface area contributed by atoms with Crippen LogP contribution in [-0.2, 0) is 15.1 Å². The molecule has 2 aliphatic rings. The number of carboxylic acid groups (broad SMARTS) is 1. The molecule has 1 aromatic carbocycles. The highest BCUT2D eigenvalue weighted by Crippen LogP contribution is 2.43. The molecule has 0 heterocycles. The lowest BCUT2D eigenvalue weighted by molar-refractivity contribution is -0.140. The summed E-state index contributed by atoms with van der Waals surface area (Å²) in [6.07, 6.45) is 4.06. The predicted molar refractivity (Wildman–Crippen MR) is 73.9 cm³/mol. The molecule has 2 unspecified atom stereocenters. The van der Waals surface area contributed by atoms with E-state index in [4.69, 9.17) is 5.11 Å². The summed E-state index contributed by atoms with van der Waals surface area (Å²) in [5.41, 5.74) is 0.443. The molecule has 0 radical (unpaired) electrons. The van der Waals surface area contributed by atoms with Gasteiger partial charge in [0, 0.05) is 0 Å². The Balaban J connectivity index is 1.77. The van der Waals surface area contributed by atoms with Gasteiger partial charge in [-0.05, 0) is 37.0 Å². The number of hydrogen-bond donors (Lipinski definition) is 2. The van der Waals surface area contributed by atoms with Crippen LogP contribution in [0.2, 0.25) is 0 Å². The van der Waals surface area contributed by atoms with E-state index >= 15 is 0 Å². The molecule has 2 saturated carbocycles. The van der Waals surface area contributed by atoms with Crippen LogP contribution < -0.4 is 5.32 Å². The highest BCUT2D eigenvalue weighted by molar-refractivity contribution is 5.90. The van der Waals surface area contributed by atoms with Gasteiger partial charge in [-0.3, -0.25) is 9.59 Å². The number of rotatable bonds is 4. The van der Waals surface area contributed by atoms with Crippen LogP contribution in [-0.4, -0.2) is 17.0 Å². The SMILES string of the molecule is O=C(O)C1CC1C(=O)NC1(c2ccc(F)cc2)CCCC1. The lowest BCUT2D eigenvalue weighted by Crippen LogP contribution is -2.44. The van der Waals surface area contributed by atoms with Crippen LogP contribution in [0.4, 0.5) is 4.39 Å². The first-order valence-corrected chi connectivity index (χ1v) is 7.33. The zero-order valence-electron chi connectivity index (χ0n) is 11.6.